The predicted molar refractivity (Wildman–Crippen MR) is 152 cm³/mol. The summed E-state index contributed by atoms with van der Waals surface area (Å²) in [5.41, 5.74) is 4.72. The minimum Gasteiger partial charge on any atom is -0.366 e. The largest absolute Gasteiger partial charge is 0.366 e. The number of rotatable bonds is 9. The van der Waals surface area contributed by atoms with Gasteiger partial charge in [-0.25, -0.2) is 15.0 Å². The Bertz CT molecular complexity index is 1400. The second kappa shape index (κ2) is 12.0. The van der Waals surface area contributed by atoms with Crippen LogP contribution in [0.1, 0.15) is 18.4 Å². The predicted octanol–water partition coefficient (Wildman–Crippen LogP) is 4.15. The number of fused-ring (bicyclic) bond motifs is 1. The summed E-state index contributed by atoms with van der Waals surface area (Å²) >= 11 is 0. The highest BCUT2D eigenvalue weighted by atomic mass is 16.1. The third-order valence-corrected chi connectivity index (χ3v) is 6.59. The summed E-state index contributed by atoms with van der Waals surface area (Å²) in [6.07, 6.45) is 11.0. The minimum atomic E-state index is -0.112. The number of carbonyl (C=O) groups excluding carboxylic acids is 1. The molecule has 0 aliphatic carbocycles. The number of nitrogens with zero attached hydrogens (tertiary/aromatic N) is 5. The number of aromatic amines is 1. The van der Waals surface area contributed by atoms with E-state index < -0.39 is 0 Å². The van der Waals surface area contributed by atoms with E-state index in [2.05, 4.69) is 53.7 Å². The Labute approximate surface area is 223 Å². The van der Waals surface area contributed by atoms with Crippen molar-refractivity contribution in [1.82, 2.24) is 29.7 Å². The molecule has 4 heterocycles. The van der Waals surface area contributed by atoms with E-state index in [0.717, 1.165) is 72.8 Å². The summed E-state index contributed by atoms with van der Waals surface area (Å²) in [5, 5.41) is 7.60. The van der Waals surface area contributed by atoms with Crippen LogP contribution in [0.3, 0.4) is 0 Å². The van der Waals surface area contributed by atoms with Gasteiger partial charge in [0.1, 0.15) is 17.8 Å². The van der Waals surface area contributed by atoms with Crippen LogP contribution in [0.5, 0.6) is 0 Å². The van der Waals surface area contributed by atoms with Gasteiger partial charge in [-0.2, -0.15) is 0 Å². The Morgan fingerprint density at radius 2 is 2.03 bits per heavy atom. The number of H-pyrrole nitrogens is 1. The van der Waals surface area contributed by atoms with Crippen molar-refractivity contribution in [3.05, 3.63) is 78.9 Å². The number of carbonyl (C=O) groups is 1. The highest BCUT2D eigenvalue weighted by Crippen LogP contribution is 2.23. The average molecular weight is 511 g/mol. The highest BCUT2D eigenvalue weighted by Gasteiger charge is 2.20. The molecule has 5 rings (SSSR count). The number of benzene rings is 1. The van der Waals surface area contributed by atoms with Gasteiger partial charge in [0.05, 0.1) is 5.69 Å². The lowest BCUT2D eigenvalue weighted by atomic mass is 10.0. The molecule has 196 valence electrons. The third-order valence-electron chi connectivity index (χ3n) is 6.59. The monoisotopic (exact) mass is 510 g/mol. The number of pyridine rings is 1. The first-order chi connectivity index (χ1) is 18.5. The first-order valence-corrected chi connectivity index (χ1v) is 13.0. The number of amides is 1. The molecule has 4 aromatic rings. The van der Waals surface area contributed by atoms with E-state index in [-0.39, 0.29) is 5.91 Å². The smallest absolute Gasteiger partial charge is 0.248 e. The van der Waals surface area contributed by atoms with Gasteiger partial charge in [-0.3, -0.25) is 9.69 Å². The number of hydrogen-bond donors (Lipinski definition) is 3. The van der Waals surface area contributed by atoms with Crippen molar-refractivity contribution >= 4 is 28.4 Å². The third kappa shape index (κ3) is 6.81. The van der Waals surface area contributed by atoms with Crippen LogP contribution in [-0.4, -0.2) is 75.4 Å². The van der Waals surface area contributed by atoms with Crippen LogP contribution in [0.25, 0.3) is 22.3 Å². The van der Waals surface area contributed by atoms with E-state index in [0.29, 0.717) is 6.04 Å². The van der Waals surface area contributed by atoms with Gasteiger partial charge in [-0.15, -0.1) is 0 Å². The number of nitrogens with one attached hydrogen (secondary N) is 3. The van der Waals surface area contributed by atoms with Crippen LogP contribution >= 0.6 is 0 Å². The molecule has 9 heteroatoms. The molecule has 3 N–H and O–H groups in total. The van der Waals surface area contributed by atoms with Crippen molar-refractivity contribution < 1.29 is 4.79 Å². The van der Waals surface area contributed by atoms with Crippen molar-refractivity contribution in [3.63, 3.8) is 0 Å². The second-order valence-electron chi connectivity index (χ2n) is 10.00. The SMILES string of the molecule is CN(C)C/C=C/C(=O)Nc1ccc(CN2CCCC(Nc3cc(-c4cnc5[nH]ccc5c4)ncn3)C2)cc1. The molecule has 1 fully saturated rings. The van der Waals surface area contributed by atoms with Crippen molar-refractivity contribution in [2.24, 2.45) is 0 Å². The van der Waals surface area contributed by atoms with Crippen molar-refractivity contribution in [1.29, 1.82) is 0 Å². The molecule has 0 saturated carbocycles. The van der Waals surface area contributed by atoms with E-state index in [1.54, 1.807) is 12.4 Å². The van der Waals surface area contributed by atoms with Gasteiger partial charge < -0.3 is 20.5 Å². The average Bonchev–Trinajstić information content (AvgIpc) is 3.38. The van der Waals surface area contributed by atoms with E-state index in [9.17, 15) is 4.79 Å². The maximum atomic E-state index is 12.1. The normalized spacial score (nSPS) is 16.3. The number of likely N-dealkylation sites (N-methyl/N-ethyl adjacent to an activating group) is 1. The van der Waals surface area contributed by atoms with Crippen LogP contribution in [0.2, 0.25) is 0 Å². The molecule has 1 aromatic carbocycles. The van der Waals surface area contributed by atoms with Crippen LogP contribution in [0.4, 0.5) is 11.5 Å². The molecule has 1 unspecified atom stereocenters. The van der Waals surface area contributed by atoms with Crippen LogP contribution in [-0.2, 0) is 11.3 Å². The summed E-state index contributed by atoms with van der Waals surface area (Å²) < 4.78 is 0. The molecule has 3 aromatic heterocycles. The Morgan fingerprint density at radius 3 is 2.87 bits per heavy atom. The Hall–Kier alpha value is -4.08. The van der Waals surface area contributed by atoms with Gasteiger partial charge in [0, 0.05) is 66.8 Å². The number of hydrogen-bond acceptors (Lipinski definition) is 7. The van der Waals surface area contributed by atoms with Crippen molar-refractivity contribution in [3.8, 4) is 11.3 Å². The number of aromatic nitrogens is 4. The van der Waals surface area contributed by atoms with Crippen LogP contribution < -0.4 is 10.6 Å². The quantitative estimate of drug-likeness (QED) is 0.291. The Morgan fingerprint density at radius 1 is 1.16 bits per heavy atom. The zero-order valence-corrected chi connectivity index (χ0v) is 21.9. The lowest BCUT2D eigenvalue weighted by Crippen LogP contribution is -2.41. The fraction of sp³-hybridized carbons (Fsp3) is 0.310. The van der Waals surface area contributed by atoms with E-state index in [1.165, 1.54) is 5.56 Å². The van der Waals surface area contributed by atoms with Crippen molar-refractivity contribution in [2.45, 2.75) is 25.4 Å². The summed E-state index contributed by atoms with van der Waals surface area (Å²) in [7, 11) is 3.94. The molecule has 1 amide bonds. The van der Waals surface area contributed by atoms with Gasteiger partial charge in [0.25, 0.3) is 0 Å². The van der Waals surface area contributed by atoms with Gasteiger partial charge in [-0.05, 0) is 63.3 Å². The summed E-state index contributed by atoms with van der Waals surface area (Å²) in [6, 6.07) is 14.5. The lowest BCUT2D eigenvalue weighted by molar-refractivity contribution is -0.111. The van der Waals surface area contributed by atoms with E-state index in [1.807, 2.05) is 61.7 Å². The fourth-order valence-corrected chi connectivity index (χ4v) is 4.71. The highest BCUT2D eigenvalue weighted by molar-refractivity contribution is 5.99. The van der Waals surface area contributed by atoms with Gasteiger partial charge in [0.15, 0.2) is 0 Å². The molecule has 1 aliphatic rings. The summed E-state index contributed by atoms with van der Waals surface area (Å²) in [5.74, 6) is 0.717. The molecule has 0 radical (unpaired) electrons. The topological polar surface area (TPSA) is 102 Å². The number of likely N-dealkylation sites (tertiary alicyclic amines) is 1. The fourth-order valence-electron chi connectivity index (χ4n) is 4.71. The minimum absolute atomic E-state index is 0.112. The molecule has 9 nitrogen and oxygen atoms in total. The van der Waals surface area contributed by atoms with Gasteiger partial charge >= 0.3 is 0 Å². The Balaban J connectivity index is 1.15. The number of anilines is 2. The van der Waals surface area contributed by atoms with Crippen LogP contribution in [0, 0.1) is 0 Å². The molecule has 0 spiro atoms. The summed E-state index contributed by atoms with van der Waals surface area (Å²) in [4.78, 5) is 33.1. The molecule has 1 atom stereocenters. The zero-order chi connectivity index (χ0) is 26.3. The van der Waals surface area contributed by atoms with Gasteiger partial charge in [-0.1, -0.05) is 18.2 Å². The van der Waals surface area contributed by atoms with Crippen molar-refractivity contribution in [2.75, 3.05) is 44.4 Å². The molecule has 1 saturated heterocycles. The second-order valence-corrected chi connectivity index (χ2v) is 10.00. The standard InChI is InChI=1S/C29H34N8O/c1-36(2)13-4-6-28(38)35-24-9-7-21(8-10-24)18-37-14-3-5-25(19-37)34-27-16-26(32-20-33-27)23-15-22-11-12-30-29(22)31-17-23/h4,6-12,15-17,20,25H,3,5,13-14,18-19H2,1-2H3,(H,30,31)(H,35,38)(H,32,33,34)/b6-4+. The number of piperidine rings is 1. The maximum Gasteiger partial charge on any atom is 0.248 e. The molecule has 1 aliphatic heterocycles. The molecular weight excluding hydrogens is 476 g/mol. The maximum absolute atomic E-state index is 12.1. The van der Waals surface area contributed by atoms with E-state index >= 15 is 0 Å². The lowest BCUT2D eigenvalue weighted by Gasteiger charge is -2.33. The first kappa shape index (κ1) is 25.6. The van der Waals surface area contributed by atoms with E-state index in [4.69, 9.17) is 0 Å². The first-order valence-electron chi connectivity index (χ1n) is 13.0. The Kier molecular flexibility index (Phi) is 8.06. The molecular formula is C29H34N8O. The molecule has 0 bridgehead atoms. The molecule has 38 heavy (non-hydrogen) atoms. The van der Waals surface area contributed by atoms with Crippen LogP contribution in [0.15, 0.2) is 73.3 Å². The summed E-state index contributed by atoms with van der Waals surface area (Å²) in [6.45, 7) is 3.60. The zero-order valence-electron chi connectivity index (χ0n) is 21.9. The van der Waals surface area contributed by atoms with Gasteiger partial charge in [0.2, 0.25) is 5.91 Å².